The van der Waals surface area contributed by atoms with Crippen molar-refractivity contribution < 1.29 is 4.79 Å². The first-order valence-electron chi connectivity index (χ1n) is 5.22. The smallest absolute Gasteiger partial charge is 0.278 e. The van der Waals surface area contributed by atoms with Crippen molar-refractivity contribution in [3.63, 3.8) is 0 Å². The number of imidazole rings is 1. The van der Waals surface area contributed by atoms with E-state index in [1.807, 2.05) is 31.2 Å². The third kappa shape index (κ3) is 2.28. The quantitative estimate of drug-likeness (QED) is 0.822. The molecule has 5 heteroatoms. The Morgan fingerprint density at radius 2 is 2.00 bits per heavy atom. The maximum absolute atomic E-state index is 11.9. The standard InChI is InChI=1S/C12H14N4O/c1-8-3-5-9(6-4-8)15-12(17)10-11(13)16(2)7-14-10/h3-7H,13H2,1-2H3,(H,15,17). The summed E-state index contributed by atoms with van der Waals surface area (Å²) in [6.45, 7) is 1.99. The van der Waals surface area contributed by atoms with E-state index in [1.165, 1.54) is 6.33 Å². The first-order chi connectivity index (χ1) is 8.08. The minimum Gasteiger partial charge on any atom is -0.383 e. The van der Waals surface area contributed by atoms with Crippen LogP contribution in [0.25, 0.3) is 0 Å². The number of hydrogen-bond acceptors (Lipinski definition) is 3. The molecule has 0 unspecified atom stereocenters. The van der Waals surface area contributed by atoms with E-state index in [2.05, 4.69) is 10.3 Å². The van der Waals surface area contributed by atoms with Crippen molar-refractivity contribution in [3.05, 3.63) is 41.9 Å². The molecule has 2 rings (SSSR count). The molecule has 1 amide bonds. The van der Waals surface area contributed by atoms with Gasteiger partial charge >= 0.3 is 0 Å². The Morgan fingerprint density at radius 3 is 2.53 bits per heavy atom. The Morgan fingerprint density at radius 1 is 1.35 bits per heavy atom. The summed E-state index contributed by atoms with van der Waals surface area (Å²) >= 11 is 0. The maximum atomic E-state index is 11.9. The fourth-order valence-electron chi connectivity index (χ4n) is 1.44. The van der Waals surface area contributed by atoms with E-state index in [1.54, 1.807) is 11.6 Å². The zero-order valence-electron chi connectivity index (χ0n) is 9.77. The first kappa shape index (κ1) is 11.2. The summed E-state index contributed by atoms with van der Waals surface area (Å²) in [5.74, 6) is 0.0570. The number of rotatable bonds is 2. The van der Waals surface area contributed by atoms with Crippen LogP contribution in [-0.4, -0.2) is 15.5 Å². The summed E-state index contributed by atoms with van der Waals surface area (Å²) in [5.41, 5.74) is 7.83. The molecule has 0 spiro atoms. The van der Waals surface area contributed by atoms with E-state index in [0.717, 1.165) is 11.3 Å². The lowest BCUT2D eigenvalue weighted by atomic mass is 10.2. The number of amides is 1. The van der Waals surface area contributed by atoms with Gasteiger partial charge in [-0.1, -0.05) is 17.7 Å². The fraction of sp³-hybridized carbons (Fsp3) is 0.167. The van der Waals surface area contributed by atoms with E-state index >= 15 is 0 Å². The lowest BCUT2D eigenvalue weighted by Crippen LogP contribution is -2.14. The number of aryl methyl sites for hydroxylation is 2. The molecule has 1 aromatic carbocycles. The summed E-state index contributed by atoms with van der Waals surface area (Å²) in [6.07, 6.45) is 1.51. The van der Waals surface area contributed by atoms with Crippen molar-refractivity contribution in [2.45, 2.75) is 6.92 Å². The molecule has 0 aliphatic carbocycles. The minimum atomic E-state index is -0.299. The molecular weight excluding hydrogens is 216 g/mol. The number of carbonyl (C=O) groups excluding carboxylic acids is 1. The van der Waals surface area contributed by atoms with Gasteiger partial charge in [-0.15, -0.1) is 0 Å². The number of anilines is 2. The molecule has 0 saturated heterocycles. The Bertz CT molecular complexity index is 542. The van der Waals surface area contributed by atoms with Gasteiger partial charge < -0.3 is 15.6 Å². The van der Waals surface area contributed by atoms with Gasteiger partial charge in [-0.3, -0.25) is 4.79 Å². The number of nitrogen functional groups attached to an aromatic ring is 1. The molecule has 88 valence electrons. The molecule has 1 aromatic heterocycles. The SMILES string of the molecule is Cc1ccc(NC(=O)c2ncn(C)c2N)cc1. The molecule has 17 heavy (non-hydrogen) atoms. The number of nitrogens with two attached hydrogens (primary N) is 1. The highest BCUT2D eigenvalue weighted by Gasteiger charge is 2.14. The lowest BCUT2D eigenvalue weighted by Gasteiger charge is -2.04. The Balaban J connectivity index is 2.17. The summed E-state index contributed by atoms with van der Waals surface area (Å²) < 4.78 is 1.60. The number of nitrogens with one attached hydrogen (secondary N) is 1. The summed E-state index contributed by atoms with van der Waals surface area (Å²) in [5, 5.41) is 2.74. The van der Waals surface area contributed by atoms with E-state index in [9.17, 15) is 4.79 Å². The van der Waals surface area contributed by atoms with Gasteiger partial charge in [0.1, 0.15) is 5.82 Å². The molecule has 0 saturated carbocycles. The van der Waals surface area contributed by atoms with Gasteiger partial charge in [-0.25, -0.2) is 4.98 Å². The number of nitrogens with zero attached hydrogens (tertiary/aromatic N) is 2. The van der Waals surface area contributed by atoms with Crippen molar-refractivity contribution in [2.24, 2.45) is 7.05 Å². The molecule has 0 bridgehead atoms. The largest absolute Gasteiger partial charge is 0.383 e. The van der Waals surface area contributed by atoms with Crippen LogP contribution in [0, 0.1) is 6.92 Å². The van der Waals surface area contributed by atoms with Gasteiger partial charge in [-0.05, 0) is 19.1 Å². The predicted molar refractivity (Wildman–Crippen MR) is 66.8 cm³/mol. The molecule has 0 radical (unpaired) electrons. The van der Waals surface area contributed by atoms with Gasteiger partial charge in [0, 0.05) is 12.7 Å². The van der Waals surface area contributed by atoms with Gasteiger partial charge in [0.2, 0.25) is 0 Å². The number of benzene rings is 1. The number of aromatic nitrogens is 2. The Labute approximate surface area is 99.3 Å². The average molecular weight is 230 g/mol. The van der Waals surface area contributed by atoms with Crippen molar-refractivity contribution in [1.29, 1.82) is 0 Å². The predicted octanol–water partition coefficient (Wildman–Crippen LogP) is 1.56. The fourth-order valence-corrected chi connectivity index (χ4v) is 1.44. The van der Waals surface area contributed by atoms with Crippen LogP contribution in [0.1, 0.15) is 16.1 Å². The minimum absolute atomic E-state index is 0.244. The monoisotopic (exact) mass is 230 g/mol. The third-order valence-corrected chi connectivity index (χ3v) is 2.51. The first-order valence-corrected chi connectivity index (χ1v) is 5.22. The van der Waals surface area contributed by atoms with Crippen molar-refractivity contribution in [2.75, 3.05) is 11.1 Å². The lowest BCUT2D eigenvalue weighted by molar-refractivity contribution is 0.102. The zero-order valence-corrected chi connectivity index (χ0v) is 9.77. The van der Waals surface area contributed by atoms with Crippen LogP contribution in [0.2, 0.25) is 0 Å². The van der Waals surface area contributed by atoms with Crippen LogP contribution in [-0.2, 0) is 7.05 Å². The second-order valence-corrected chi connectivity index (χ2v) is 3.91. The normalized spacial score (nSPS) is 10.2. The highest BCUT2D eigenvalue weighted by atomic mass is 16.1. The van der Waals surface area contributed by atoms with Crippen LogP contribution in [0.15, 0.2) is 30.6 Å². The van der Waals surface area contributed by atoms with E-state index in [0.29, 0.717) is 5.82 Å². The molecule has 1 heterocycles. The average Bonchev–Trinajstić information content (AvgIpc) is 2.63. The molecule has 0 atom stereocenters. The van der Waals surface area contributed by atoms with E-state index in [-0.39, 0.29) is 11.6 Å². The second kappa shape index (κ2) is 4.29. The molecule has 2 aromatic rings. The summed E-state index contributed by atoms with van der Waals surface area (Å²) in [6, 6.07) is 7.54. The Hall–Kier alpha value is -2.30. The summed E-state index contributed by atoms with van der Waals surface area (Å²) in [7, 11) is 1.74. The number of carbonyl (C=O) groups is 1. The zero-order chi connectivity index (χ0) is 12.4. The van der Waals surface area contributed by atoms with Crippen LogP contribution in [0.4, 0.5) is 11.5 Å². The Kier molecular flexibility index (Phi) is 2.82. The van der Waals surface area contributed by atoms with Gasteiger partial charge in [0.25, 0.3) is 5.91 Å². The number of hydrogen-bond donors (Lipinski definition) is 2. The van der Waals surface area contributed by atoms with Crippen LogP contribution in [0.3, 0.4) is 0 Å². The molecule has 5 nitrogen and oxygen atoms in total. The summed E-state index contributed by atoms with van der Waals surface area (Å²) in [4.78, 5) is 15.8. The topological polar surface area (TPSA) is 72.9 Å². The van der Waals surface area contributed by atoms with Gasteiger partial charge in [0.15, 0.2) is 5.69 Å². The highest BCUT2D eigenvalue weighted by molar-refractivity contribution is 6.05. The molecule has 0 aliphatic rings. The van der Waals surface area contributed by atoms with Crippen molar-refractivity contribution in [3.8, 4) is 0 Å². The second-order valence-electron chi connectivity index (χ2n) is 3.91. The molecular formula is C12H14N4O. The van der Waals surface area contributed by atoms with E-state index in [4.69, 9.17) is 5.73 Å². The van der Waals surface area contributed by atoms with Crippen molar-refractivity contribution in [1.82, 2.24) is 9.55 Å². The molecule has 0 aliphatic heterocycles. The van der Waals surface area contributed by atoms with Gasteiger partial charge in [-0.2, -0.15) is 0 Å². The molecule has 0 fully saturated rings. The van der Waals surface area contributed by atoms with E-state index < -0.39 is 0 Å². The van der Waals surface area contributed by atoms with Gasteiger partial charge in [0.05, 0.1) is 6.33 Å². The van der Waals surface area contributed by atoms with Crippen molar-refractivity contribution >= 4 is 17.4 Å². The third-order valence-electron chi connectivity index (χ3n) is 2.51. The highest BCUT2D eigenvalue weighted by Crippen LogP contribution is 2.13. The van der Waals surface area contributed by atoms with Crippen LogP contribution < -0.4 is 11.1 Å². The maximum Gasteiger partial charge on any atom is 0.278 e. The van der Waals surface area contributed by atoms with Crippen LogP contribution >= 0.6 is 0 Å². The van der Waals surface area contributed by atoms with Crippen LogP contribution in [0.5, 0.6) is 0 Å². The molecule has 3 N–H and O–H groups in total.